The number of rotatable bonds is 8. The summed E-state index contributed by atoms with van der Waals surface area (Å²) in [6.07, 6.45) is 2.96. The van der Waals surface area contributed by atoms with Gasteiger partial charge in [0.2, 0.25) is 5.91 Å². The van der Waals surface area contributed by atoms with Crippen LogP contribution in [0.4, 0.5) is 0 Å². The van der Waals surface area contributed by atoms with Crippen molar-refractivity contribution in [2.45, 2.75) is 6.92 Å². The molecule has 8 nitrogen and oxygen atoms in total. The summed E-state index contributed by atoms with van der Waals surface area (Å²) in [4.78, 5) is 22.7. The molecular formula is C23H23NO7. The quantitative estimate of drug-likeness (QED) is 0.530. The van der Waals surface area contributed by atoms with Crippen molar-refractivity contribution in [1.82, 2.24) is 5.32 Å². The first-order valence-corrected chi connectivity index (χ1v) is 9.37. The van der Waals surface area contributed by atoms with Gasteiger partial charge in [0, 0.05) is 34.2 Å². The van der Waals surface area contributed by atoms with E-state index >= 15 is 0 Å². The highest BCUT2D eigenvalue weighted by atomic mass is 16.5. The molecule has 0 bridgehead atoms. The Bertz CT molecular complexity index is 1160. The van der Waals surface area contributed by atoms with Gasteiger partial charge in [-0.25, -0.2) is 0 Å². The zero-order valence-corrected chi connectivity index (χ0v) is 17.6. The number of carbonyl (C=O) groups is 2. The predicted octanol–water partition coefficient (Wildman–Crippen LogP) is 3.73. The fourth-order valence-electron chi connectivity index (χ4n) is 3.25. The van der Waals surface area contributed by atoms with Gasteiger partial charge in [-0.05, 0) is 36.8 Å². The van der Waals surface area contributed by atoms with Crippen molar-refractivity contribution in [2.75, 3.05) is 27.9 Å². The largest absolute Gasteiger partial charge is 0.497 e. The molecule has 0 aliphatic rings. The summed E-state index contributed by atoms with van der Waals surface area (Å²) in [5.41, 5.74) is 3.45. The van der Waals surface area contributed by atoms with Crippen LogP contribution < -0.4 is 19.5 Å². The Balaban J connectivity index is 2.11. The Morgan fingerprint density at radius 2 is 1.77 bits per heavy atom. The second-order valence-corrected chi connectivity index (χ2v) is 6.70. The van der Waals surface area contributed by atoms with Gasteiger partial charge in [-0.1, -0.05) is 0 Å². The summed E-state index contributed by atoms with van der Waals surface area (Å²) in [7, 11) is 4.70. The normalized spacial score (nSPS) is 11.3. The van der Waals surface area contributed by atoms with Crippen LogP contribution in [0.3, 0.4) is 0 Å². The molecule has 3 aromatic rings. The number of hydrogen-bond donors (Lipinski definition) is 2. The molecule has 0 fully saturated rings. The highest BCUT2D eigenvalue weighted by molar-refractivity contribution is 6.01. The van der Waals surface area contributed by atoms with Gasteiger partial charge in [-0.2, -0.15) is 0 Å². The fourth-order valence-corrected chi connectivity index (χ4v) is 3.25. The van der Waals surface area contributed by atoms with Crippen LogP contribution in [0.5, 0.6) is 17.2 Å². The number of aliphatic carboxylic acids is 1. The van der Waals surface area contributed by atoms with Gasteiger partial charge in [0.05, 0.1) is 27.6 Å². The number of nitrogens with one attached hydrogen (secondary N) is 1. The predicted molar refractivity (Wildman–Crippen MR) is 116 cm³/mol. The van der Waals surface area contributed by atoms with Gasteiger partial charge >= 0.3 is 5.97 Å². The molecule has 1 heterocycles. The van der Waals surface area contributed by atoms with Crippen LogP contribution in [0.25, 0.3) is 27.7 Å². The molecule has 0 saturated heterocycles. The molecule has 0 unspecified atom stereocenters. The topological polar surface area (TPSA) is 107 Å². The van der Waals surface area contributed by atoms with E-state index in [9.17, 15) is 9.59 Å². The van der Waals surface area contributed by atoms with E-state index < -0.39 is 18.4 Å². The van der Waals surface area contributed by atoms with E-state index in [1.807, 2.05) is 24.3 Å². The highest BCUT2D eigenvalue weighted by Crippen LogP contribution is 2.41. The Labute approximate surface area is 179 Å². The standard InChI is InChI=1S/C23H23NO7/c1-13(7-22(25)24-11-23(26)27)15-9-17-18(12-31-21(17)10-20(15)30-4)16-8-14(28-2)5-6-19(16)29-3/h5-10,12H,11H2,1-4H3,(H,24,25)(H,26,27)/b13-7+. The third kappa shape index (κ3) is 4.63. The van der Waals surface area contributed by atoms with Gasteiger partial charge in [0.1, 0.15) is 29.4 Å². The molecule has 1 aromatic heterocycles. The number of allylic oxidation sites excluding steroid dienone is 1. The van der Waals surface area contributed by atoms with Gasteiger partial charge in [0.15, 0.2) is 0 Å². The van der Waals surface area contributed by atoms with E-state index in [1.54, 1.807) is 33.5 Å². The first-order chi connectivity index (χ1) is 14.9. The maximum atomic E-state index is 12.0. The zero-order valence-electron chi connectivity index (χ0n) is 17.6. The highest BCUT2D eigenvalue weighted by Gasteiger charge is 2.18. The summed E-state index contributed by atoms with van der Waals surface area (Å²) >= 11 is 0. The Hall–Kier alpha value is -3.94. The summed E-state index contributed by atoms with van der Waals surface area (Å²) < 4.78 is 22.1. The minimum atomic E-state index is -1.12. The van der Waals surface area contributed by atoms with Crippen LogP contribution in [-0.4, -0.2) is 44.9 Å². The number of methoxy groups -OCH3 is 3. The van der Waals surface area contributed by atoms with E-state index in [-0.39, 0.29) is 0 Å². The third-order valence-electron chi connectivity index (χ3n) is 4.78. The maximum absolute atomic E-state index is 12.0. The number of fused-ring (bicyclic) bond motifs is 1. The lowest BCUT2D eigenvalue weighted by molar-refractivity contribution is -0.137. The van der Waals surface area contributed by atoms with Gasteiger partial charge < -0.3 is 29.1 Å². The number of benzene rings is 2. The molecule has 0 aliphatic heterocycles. The molecule has 0 saturated carbocycles. The first-order valence-electron chi connectivity index (χ1n) is 9.37. The molecule has 0 atom stereocenters. The van der Waals surface area contributed by atoms with Crippen LogP contribution in [0.1, 0.15) is 12.5 Å². The molecule has 0 aliphatic carbocycles. The first kappa shape index (κ1) is 21.8. The molecule has 1 amide bonds. The van der Waals surface area contributed by atoms with Crippen molar-refractivity contribution in [1.29, 1.82) is 0 Å². The molecule has 0 spiro atoms. The van der Waals surface area contributed by atoms with Gasteiger partial charge in [-0.3, -0.25) is 9.59 Å². The number of furan rings is 1. The summed E-state index contributed by atoms with van der Waals surface area (Å²) in [5, 5.41) is 11.8. The van der Waals surface area contributed by atoms with Crippen LogP contribution in [-0.2, 0) is 9.59 Å². The third-order valence-corrected chi connectivity index (χ3v) is 4.78. The van der Waals surface area contributed by atoms with Crippen molar-refractivity contribution in [3.8, 4) is 28.4 Å². The number of carboxylic acid groups (broad SMARTS) is 1. The van der Waals surface area contributed by atoms with E-state index in [0.717, 1.165) is 16.5 Å². The smallest absolute Gasteiger partial charge is 0.322 e. The van der Waals surface area contributed by atoms with Crippen LogP contribution >= 0.6 is 0 Å². The van der Waals surface area contributed by atoms with Crippen molar-refractivity contribution < 1.29 is 33.3 Å². The van der Waals surface area contributed by atoms with Crippen LogP contribution in [0.2, 0.25) is 0 Å². The summed E-state index contributed by atoms with van der Waals surface area (Å²) in [6.45, 7) is 1.29. The minimum Gasteiger partial charge on any atom is -0.497 e. The number of amides is 1. The molecular weight excluding hydrogens is 402 g/mol. The lowest BCUT2D eigenvalue weighted by Crippen LogP contribution is -2.27. The molecule has 3 rings (SSSR count). The van der Waals surface area contributed by atoms with Crippen molar-refractivity contribution in [3.63, 3.8) is 0 Å². The maximum Gasteiger partial charge on any atom is 0.322 e. The average molecular weight is 425 g/mol. The van der Waals surface area contributed by atoms with E-state index in [0.29, 0.717) is 34.0 Å². The van der Waals surface area contributed by atoms with E-state index in [2.05, 4.69) is 5.32 Å². The average Bonchev–Trinajstić information content (AvgIpc) is 3.18. The van der Waals surface area contributed by atoms with Crippen LogP contribution in [0.15, 0.2) is 47.1 Å². The fraction of sp³-hybridized carbons (Fsp3) is 0.217. The monoisotopic (exact) mass is 425 g/mol. The second kappa shape index (κ2) is 9.25. The molecule has 162 valence electrons. The second-order valence-electron chi connectivity index (χ2n) is 6.70. The summed E-state index contributed by atoms with van der Waals surface area (Å²) in [6, 6.07) is 9.08. The minimum absolute atomic E-state index is 0.458. The lowest BCUT2D eigenvalue weighted by Gasteiger charge is -2.12. The number of ether oxygens (including phenoxy) is 3. The SMILES string of the molecule is COc1ccc(OC)c(-c2coc3cc(OC)c(/C(C)=C/C(=O)NCC(=O)O)cc23)c1. The number of carbonyl (C=O) groups excluding carboxylic acids is 1. The Kier molecular flexibility index (Phi) is 6.49. The molecule has 31 heavy (non-hydrogen) atoms. The number of carboxylic acids is 1. The van der Waals surface area contributed by atoms with Crippen molar-refractivity contribution in [2.24, 2.45) is 0 Å². The van der Waals surface area contributed by atoms with Gasteiger partial charge in [0.25, 0.3) is 0 Å². The molecule has 8 heteroatoms. The Morgan fingerprint density at radius 1 is 1.03 bits per heavy atom. The van der Waals surface area contributed by atoms with Gasteiger partial charge in [-0.15, -0.1) is 0 Å². The zero-order chi connectivity index (χ0) is 22.5. The Morgan fingerprint density at radius 3 is 2.42 bits per heavy atom. The van der Waals surface area contributed by atoms with Crippen molar-refractivity contribution >= 4 is 28.4 Å². The van der Waals surface area contributed by atoms with E-state index in [1.165, 1.54) is 13.2 Å². The van der Waals surface area contributed by atoms with E-state index in [4.69, 9.17) is 23.7 Å². The van der Waals surface area contributed by atoms with Crippen LogP contribution in [0, 0.1) is 0 Å². The molecule has 0 radical (unpaired) electrons. The molecule has 2 aromatic carbocycles. The lowest BCUT2D eigenvalue weighted by atomic mass is 9.98. The molecule has 2 N–H and O–H groups in total. The number of hydrogen-bond acceptors (Lipinski definition) is 6. The summed E-state index contributed by atoms with van der Waals surface area (Å²) in [5.74, 6) is 0.217. The van der Waals surface area contributed by atoms with Crippen molar-refractivity contribution in [3.05, 3.63) is 48.2 Å².